The van der Waals surface area contributed by atoms with E-state index in [2.05, 4.69) is 21.3 Å². The van der Waals surface area contributed by atoms with Crippen LogP contribution in [0.4, 0.5) is 0 Å². The Kier molecular flexibility index (Phi) is 6.53. The summed E-state index contributed by atoms with van der Waals surface area (Å²) in [6.45, 7) is 10.1. The van der Waals surface area contributed by atoms with Crippen molar-refractivity contribution < 1.29 is 9.53 Å². The van der Waals surface area contributed by atoms with Gasteiger partial charge in [-0.2, -0.15) is 10.2 Å². The van der Waals surface area contributed by atoms with E-state index >= 15 is 0 Å². The maximum absolute atomic E-state index is 12.9. The van der Waals surface area contributed by atoms with Gasteiger partial charge in [0.15, 0.2) is 12.4 Å². The molecule has 4 rings (SSSR count). The number of carbonyl (C=O) groups is 1. The van der Waals surface area contributed by atoms with Gasteiger partial charge in [-0.15, -0.1) is 0 Å². The minimum absolute atomic E-state index is 0.0425. The van der Waals surface area contributed by atoms with Gasteiger partial charge in [-0.1, -0.05) is 11.6 Å². The maximum atomic E-state index is 12.9. The molecule has 1 aliphatic heterocycles. The highest BCUT2D eigenvalue weighted by Gasteiger charge is 2.24. The van der Waals surface area contributed by atoms with Crippen molar-refractivity contribution in [3.8, 4) is 5.75 Å². The predicted octanol–water partition coefficient (Wildman–Crippen LogP) is 3.19. The number of halogens is 1. The highest BCUT2D eigenvalue weighted by molar-refractivity contribution is 6.32. The van der Waals surface area contributed by atoms with Crippen LogP contribution in [-0.2, 0) is 20.3 Å². The molecule has 0 N–H and O–H groups in total. The average molecular weight is 457 g/mol. The monoisotopic (exact) mass is 456 g/mol. The zero-order valence-corrected chi connectivity index (χ0v) is 19.8. The fraction of sp³-hybridized carbons (Fsp3) is 0.435. The van der Waals surface area contributed by atoms with Crippen LogP contribution in [0.2, 0.25) is 5.02 Å². The molecule has 1 aliphatic rings. The van der Waals surface area contributed by atoms with Gasteiger partial charge in [0.25, 0.3) is 5.91 Å². The van der Waals surface area contributed by atoms with Crippen LogP contribution in [0, 0.1) is 20.8 Å². The molecule has 170 valence electrons. The Labute approximate surface area is 193 Å². The first-order valence-corrected chi connectivity index (χ1v) is 11.1. The first-order chi connectivity index (χ1) is 15.3. The molecule has 3 aromatic rings. The lowest BCUT2D eigenvalue weighted by molar-refractivity contribution is 0.0620. The number of benzene rings is 1. The van der Waals surface area contributed by atoms with E-state index in [0.717, 1.165) is 47.2 Å². The molecule has 3 heterocycles. The molecule has 0 atom stereocenters. The average Bonchev–Trinajstić information content (AvgIpc) is 3.36. The molecular weight excluding hydrogens is 428 g/mol. The second-order valence-corrected chi connectivity index (χ2v) is 8.74. The molecule has 2 aromatic heterocycles. The molecule has 1 saturated heterocycles. The van der Waals surface area contributed by atoms with Gasteiger partial charge in [0.2, 0.25) is 0 Å². The van der Waals surface area contributed by atoms with Crippen molar-refractivity contribution in [2.45, 2.75) is 34.0 Å². The minimum Gasteiger partial charge on any atom is -0.471 e. The zero-order valence-electron chi connectivity index (χ0n) is 19.0. The van der Waals surface area contributed by atoms with E-state index in [0.29, 0.717) is 18.8 Å². The van der Waals surface area contributed by atoms with Gasteiger partial charge < -0.3 is 9.64 Å². The van der Waals surface area contributed by atoms with Gasteiger partial charge >= 0.3 is 0 Å². The van der Waals surface area contributed by atoms with Crippen LogP contribution in [0.15, 0.2) is 30.6 Å². The Hall–Kier alpha value is -2.84. The number of rotatable bonds is 6. The molecule has 9 heteroatoms. The summed E-state index contributed by atoms with van der Waals surface area (Å²) in [7, 11) is 1.94. The highest BCUT2D eigenvalue weighted by atomic mass is 35.5. The third-order valence-corrected chi connectivity index (χ3v) is 6.40. The Balaban J connectivity index is 1.30. The van der Waals surface area contributed by atoms with E-state index in [1.165, 1.54) is 5.56 Å². The molecule has 8 nitrogen and oxygen atoms in total. The number of hydrogen-bond acceptors (Lipinski definition) is 5. The van der Waals surface area contributed by atoms with E-state index in [1.54, 1.807) is 16.9 Å². The molecule has 0 unspecified atom stereocenters. The fourth-order valence-electron chi connectivity index (χ4n) is 3.99. The lowest BCUT2D eigenvalue weighted by Gasteiger charge is -2.34. The van der Waals surface area contributed by atoms with Crippen molar-refractivity contribution in [1.29, 1.82) is 0 Å². The number of piperazine rings is 1. The quantitative estimate of drug-likeness (QED) is 0.569. The van der Waals surface area contributed by atoms with Crippen molar-refractivity contribution >= 4 is 17.5 Å². The van der Waals surface area contributed by atoms with E-state index in [4.69, 9.17) is 16.3 Å². The van der Waals surface area contributed by atoms with Gasteiger partial charge in [-0.05, 0) is 50.1 Å². The van der Waals surface area contributed by atoms with Crippen LogP contribution >= 0.6 is 11.6 Å². The molecule has 0 bridgehead atoms. The Morgan fingerprint density at radius 1 is 1.09 bits per heavy atom. The third-order valence-electron chi connectivity index (χ3n) is 5.80. The molecule has 1 aromatic carbocycles. The van der Waals surface area contributed by atoms with E-state index < -0.39 is 0 Å². The van der Waals surface area contributed by atoms with Gasteiger partial charge in [0, 0.05) is 62.8 Å². The molecule has 0 saturated carbocycles. The summed E-state index contributed by atoms with van der Waals surface area (Å²) >= 11 is 6.21. The maximum Gasteiger partial charge on any atom is 0.274 e. The second kappa shape index (κ2) is 9.34. The summed E-state index contributed by atoms with van der Waals surface area (Å²) in [5, 5.41) is 9.57. The summed E-state index contributed by atoms with van der Waals surface area (Å²) in [5.74, 6) is 0.687. The van der Waals surface area contributed by atoms with Crippen molar-refractivity contribution in [2.24, 2.45) is 7.05 Å². The number of carbonyl (C=O) groups excluding carboxylic acids is 1. The first-order valence-electron chi connectivity index (χ1n) is 10.7. The molecular formula is C23H29ClN6O2. The normalized spacial score (nSPS) is 14.7. The van der Waals surface area contributed by atoms with Gasteiger partial charge in [-0.25, -0.2) is 4.68 Å². The standard InChI is InChI=1S/C23H29ClN6O2/c1-16-11-20(12-17(2)22(16)24)32-15-30-6-5-21(26-30)23(31)29-9-7-28(8-10-29)14-19-13-27(4)25-18(19)3/h5-6,11-13H,7-10,14-15H2,1-4H3. The third kappa shape index (κ3) is 4.97. The summed E-state index contributed by atoms with van der Waals surface area (Å²) in [6, 6.07) is 5.55. The summed E-state index contributed by atoms with van der Waals surface area (Å²) in [6.07, 6.45) is 3.83. The van der Waals surface area contributed by atoms with Crippen LogP contribution < -0.4 is 4.74 Å². The summed E-state index contributed by atoms with van der Waals surface area (Å²) < 4.78 is 9.31. The van der Waals surface area contributed by atoms with Crippen molar-refractivity contribution in [3.05, 3.63) is 63.7 Å². The summed E-state index contributed by atoms with van der Waals surface area (Å²) in [5.41, 5.74) is 4.67. The van der Waals surface area contributed by atoms with Crippen LogP contribution in [0.25, 0.3) is 0 Å². The smallest absolute Gasteiger partial charge is 0.274 e. The van der Waals surface area contributed by atoms with Gasteiger partial charge in [0.1, 0.15) is 5.75 Å². The lowest BCUT2D eigenvalue weighted by atomic mass is 10.1. The molecule has 0 aliphatic carbocycles. The molecule has 1 amide bonds. The predicted molar refractivity (Wildman–Crippen MR) is 123 cm³/mol. The Morgan fingerprint density at radius 2 is 1.78 bits per heavy atom. The minimum atomic E-state index is -0.0425. The lowest BCUT2D eigenvalue weighted by Crippen LogP contribution is -2.48. The largest absolute Gasteiger partial charge is 0.471 e. The SMILES string of the molecule is Cc1cc(OCn2ccc(C(=O)N3CCN(Cc4cn(C)nc4C)CC3)n2)cc(C)c1Cl. The van der Waals surface area contributed by atoms with E-state index in [1.807, 2.05) is 49.5 Å². The molecule has 1 fully saturated rings. The van der Waals surface area contributed by atoms with E-state index in [9.17, 15) is 4.79 Å². The number of amides is 1. The fourth-order valence-corrected chi connectivity index (χ4v) is 4.10. The number of aromatic nitrogens is 4. The van der Waals surface area contributed by atoms with Crippen LogP contribution in [0.1, 0.15) is 32.9 Å². The van der Waals surface area contributed by atoms with Crippen LogP contribution in [-0.4, -0.2) is 61.4 Å². The topological polar surface area (TPSA) is 68.4 Å². The van der Waals surface area contributed by atoms with Crippen molar-refractivity contribution in [3.63, 3.8) is 0 Å². The first kappa shape index (κ1) is 22.4. The Morgan fingerprint density at radius 3 is 2.41 bits per heavy atom. The van der Waals surface area contributed by atoms with Gasteiger partial charge in [0.05, 0.1) is 5.69 Å². The summed E-state index contributed by atoms with van der Waals surface area (Å²) in [4.78, 5) is 17.1. The second-order valence-electron chi connectivity index (χ2n) is 8.37. The number of aryl methyl sites for hydroxylation is 4. The van der Waals surface area contributed by atoms with E-state index in [-0.39, 0.29) is 12.6 Å². The van der Waals surface area contributed by atoms with Crippen LogP contribution in [0.5, 0.6) is 5.75 Å². The Bertz CT molecular complexity index is 1090. The number of nitrogens with zero attached hydrogens (tertiary/aromatic N) is 6. The molecule has 32 heavy (non-hydrogen) atoms. The van der Waals surface area contributed by atoms with Crippen LogP contribution in [0.3, 0.4) is 0 Å². The molecule has 0 radical (unpaired) electrons. The highest BCUT2D eigenvalue weighted by Crippen LogP contribution is 2.26. The zero-order chi connectivity index (χ0) is 22.8. The number of ether oxygens (including phenoxy) is 1. The van der Waals surface area contributed by atoms with Gasteiger partial charge in [-0.3, -0.25) is 14.4 Å². The van der Waals surface area contributed by atoms with Crippen molar-refractivity contribution in [1.82, 2.24) is 29.4 Å². The number of hydrogen-bond donors (Lipinski definition) is 0. The molecule has 0 spiro atoms. The van der Waals surface area contributed by atoms with Crippen molar-refractivity contribution in [2.75, 3.05) is 26.2 Å².